The van der Waals surface area contributed by atoms with E-state index in [4.69, 9.17) is 10.2 Å². The molecule has 1 atom stereocenters. The van der Waals surface area contributed by atoms with Crippen LogP contribution in [0, 0.1) is 0 Å². The van der Waals surface area contributed by atoms with Gasteiger partial charge in [-0.05, 0) is 0 Å². The summed E-state index contributed by atoms with van der Waals surface area (Å²) in [6.07, 6.45) is -0.892. The smallest absolute Gasteiger partial charge is 0.487 e. The van der Waals surface area contributed by atoms with Crippen LogP contribution in [0.3, 0.4) is 0 Å². The van der Waals surface area contributed by atoms with Crippen molar-refractivity contribution < 1.29 is 19.1 Å². The van der Waals surface area contributed by atoms with Gasteiger partial charge in [0.2, 0.25) is 0 Å². The van der Waals surface area contributed by atoms with Gasteiger partial charge in [-0.3, -0.25) is 0 Å². The first-order valence-electron chi connectivity index (χ1n) is 2.15. The minimum Gasteiger partial charge on any atom is -0.523 e. The van der Waals surface area contributed by atoms with Crippen molar-refractivity contribution in [3.05, 3.63) is 0 Å². The summed E-state index contributed by atoms with van der Waals surface area (Å²) >= 11 is 0. The fraction of sp³-hybridized carbons (Fsp3) is 1.00. The molecule has 0 fully saturated rings. The van der Waals surface area contributed by atoms with Crippen LogP contribution in [-0.4, -0.2) is 39.2 Å². The summed E-state index contributed by atoms with van der Waals surface area (Å²) in [4.78, 5) is 0. The molecule has 0 aromatic rings. The molecule has 0 saturated carbocycles. The van der Waals surface area contributed by atoms with Crippen molar-refractivity contribution in [3.63, 3.8) is 0 Å². The van der Waals surface area contributed by atoms with E-state index in [9.17, 15) is 4.46 Å². The fourth-order valence-corrected chi connectivity index (χ4v) is 0.504. The summed E-state index contributed by atoms with van der Waals surface area (Å²) in [5.41, 5.74) is 0. The maximum Gasteiger partial charge on any atom is 0.487 e. The Kier molecular flexibility index (Phi) is 4.72. The average molecular weight is 136 g/mol. The van der Waals surface area contributed by atoms with Crippen molar-refractivity contribution in [2.45, 2.75) is 6.10 Å². The minimum atomic E-state index is -1.26. The van der Waals surface area contributed by atoms with Crippen LogP contribution in [0.2, 0.25) is 0 Å². The summed E-state index contributed by atoms with van der Waals surface area (Å²) in [5.74, 6) is 0. The van der Waals surface area contributed by atoms with Gasteiger partial charge in [-0.25, -0.2) is 0 Å². The SMILES string of the molecule is O=[SiH]OCC(O)CO. The second kappa shape index (κ2) is 4.89. The Morgan fingerprint density at radius 2 is 2.38 bits per heavy atom. The highest BCUT2D eigenvalue weighted by Gasteiger charge is 1.98. The number of rotatable bonds is 4. The number of aliphatic hydroxyl groups excluding tert-OH is 2. The monoisotopic (exact) mass is 136 g/mol. The molecule has 0 aliphatic carbocycles. The molecule has 1 unspecified atom stereocenters. The van der Waals surface area contributed by atoms with Gasteiger partial charge in [0.25, 0.3) is 0 Å². The van der Waals surface area contributed by atoms with Gasteiger partial charge < -0.3 is 19.1 Å². The van der Waals surface area contributed by atoms with Crippen LogP contribution in [0.5, 0.6) is 0 Å². The normalized spacial score (nSPS) is 12.8. The summed E-state index contributed by atoms with van der Waals surface area (Å²) in [6.45, 7) is -0.394. The Morgan fingerprint density at radius 3 is 2.75 bits per heavy atom. The fourth-order valence-electron chi connectivity index (χ4n) is 0.203. The molecule has 0 aliphatic heterocycles. The third-order valence-electron chi connectivity index (χ3n) is 0.567. The molecule has 8 heavy (non-hydrogen) atoms. The van der Waals surface area contributed by atoms with E-state index in [1.165, 1.54) is 0 Å². The highest BCUT2D eigenvalue weighted by molar-refractivity contribution is 6.06. The predicted octanol–water partition coefficient (Wildman–Crippen LogP) is -1.95. The lowest BCUT2D eigenvalue weighted by Gasteiger charge is -2.02. The van der Waals surface area contributed by atoms with Gasteiger partial charge in [0.15, 0.2) is 0 Å². The van der Waals surface area contributed by atoms with Gasteiger partial charge >= 0.3 is 9.65 Å². The minimum absolute atomic E-state index is 0.0463. The molecule has 0 radical (unpaired) electrons. The summed E-state index contributed by atoms with van der Waals surface area (Å²) < 4.78 is 13.9. The first-order valence-corrected chi connectivity index (χ1v) is 3.09. The Balaban J connectivity index is 2.97. The zero-order valence-electron chi connectivity index (χ0n) is 4.28. The van der Waals surface area contributed by atoms with Crippen molar-refractivity contribution in [2.24, 2.45) is 0 Å². The van der Waals surface area contributed by atoms with Crippen molar-refractivity contribution in [3.8, 4) is 0 Å². The Morgan fingerprint density at radius 1 is 1.75 bits per heavy atom. The number of hydrogen-bond acceptors (Lipinski definition) is 4. The van der Waals surface area contributed by atoms with E-state index in [1.54, 1.807) is 0 Å². The van der Waals surface area contributed by atoms with Gasteiger partial charge in [-0.1, -0.05) is 0 Å². The quantitative estimate of drug-likeness (QED) is 0.441. The van der Waals surface area contributed by atoms with Crippen LogP contribution in [0.1, 0.15) is 0 Å². The van der Waals surface area contributed by atoms with Crippen LogP contribution >= 0.6 is 0 Å². The second-order valence-electron chi connectivity index (χ2n) is 1.27. The van der Waals surface area contributed by atoms with Crippen LogP contribution in [0.15, 0.2) is 0 Å². The second-order valence-corrected chi connectivity index (χ2v) is 1.79. The molecule has 2 N–H and O–H groups in total. The van der Waals surface area contributed by atoms with Gasteiger partial charge in [0, 0.05) is 0 Å². The lowest BCUT2D eigenvalue weighted by atomic mass is 10.4. The van der Waals surface area contributed by atoms with Crippen molar-refractivity contribution in [1.82, 2.24) is 0 Å². The molecule has 0 heterocycles. The third-order valence-corrected chi connectivity index (χ3v) is 0.896. The molecule has 0 rings (SSSR count). The summed E-state index contributed by atoms with van der Waals surface area (Å²) in [7, 11) is -1.26. The van der Waals surface area contributed by atoms with E-state index in [-0.39, 0.29) is 13.2 Å². The van der Waals surface area contributed by atoms with Crippen molar-refractivity contribution in [1.29, 1.82) is 0 Å². The van der Waals surface area contributed by atoms with Gasteiger partial charge in [0.05, 0.1) is 6.61 Å². The maximum absolute atomic E-state index is 9.62. The highest BCUT2D eigenvalue weighted by atomic mass is 28.2. The van der Waals surface area contributed by atoms with E-state index >= 15 is 0 Å². The first-order chi connectivity index (χ1) is 3.81. The zero-order valence-corrected chi connectivity index (χ0v) is 5.43. The summed E-state index contributed by atoms with van der Waals surface area (Å²) in [6, 6.07) is 0. The largest absolute Gasteiger partial charge is 0.523 e. The number of aliphatic hydroxyl groups is 2. The van der Waals surface area contributed by atoms with Crippen LogP contribution in [0.4, 0.5) is 0 Å². The highest BCUT2D eigenvalue weighted by Crippen LogP contribution is 1.78. The molecule has 5 heteroatoms. The molecule has 48 valence electrons. The van der Waals surface area contributed by atoms with Gasteiger partial charge in [-0.2, -0.15) is 0 Å². The van der Waals surface area contributed by atoms with Crippen LogP contribution in [-0.2, 0) is 8.89 Å². The molecule has 0 bridgehead atoms. The molecule has 0 amide bonds. The molecular weight excluding hydrogens is 128 g/mol. The van der Waals surface area contributed by atoms with E-state index in [0.717, 1.165) is 0 Å². The van der Waals surface area contributed by atoms with Crippen molar-refractivity contribution in [2.75, 3.05) is 13.2 Å². The molecular formula is C3H8O4Si. The Hall–Kier alpha value is -0.263. The molecule has 0 aromatic heterocycles. The molecule has 0 spiro atoms. The van der Waals surface area contributed by atoms with E-state index in [2.05, 4.69) is 4.43 Å². The molecule has 0 aliphatic rings. The van der Waals surface area contributed by atoms with Gasteiger partial charge in [-0.15, -0.1) is 0 Å². The predicted molar refractivity (Wildman–Crippen MR) is 26.9 cm³/mol. The zero-order chi connectivity index (χ0) is 6.41. The number of hydrogen-bond donors (Lipinski definition) is 2. The topological polar surface area (TPSA) is 66.8 Å². The standard InChI is InChI=1S/C3H8O4Si/c4-1-3(5)2-7-8-6/h3-5,8H,1-2H2. The average Bonchev–Trinajstić information content (AvgIpc) is 1.83. The summed E-state index contributed by atoms with van der Waals surface area (Å²) in [5, 5.41) is 16.6. The first kappa shape index (κ1) is 7.74. The van der Waals surface area contributed by atoms with Crippen molar-refractivity contribution >= 4 is 9.65 Å². The van der Waals surface area contributed by atoms with Crippen LogP contribution in [0.25, 0.3) is 0 Å². The van der Waals surface area contributed by atoms with E-state index in [1.807, 2.05) is 0 Å². The van der Waals surface area contributed by atoms with Gasteiger partial charge in [0.1, 0.15) is 12.7 Å². The van der Waals surface area contributed by atoms with E-state index in [0.29, 0.717) is 0 Å². The lowest BCUT2D eigenvalue weighted by molar-refractivity contribution is 0.0531. The Bertz CT molecular complexity index is 66.3. The van der Waals surface area contributed by atoms with Crippen LogP contribution < -0.4 is 0 Å². The molecule has 0 saturated heterocycles. The third kappa shape index (κ3) is 3.91. The van der Waals surface area contributed by atoms with E-state index < -0.39 is 15.8 Å². The molecule has 4 nitrogen and oxygen atoms in total. The maximum atomic E-state index is 9.62. The molecule has 0 aromatic carbocycles. The Labute approximate surface area is 49.1 Å². The lowest BCUT2D eigenvalue weighted by Crippen LogP contribution is -2.18.